The van der Waals surface area contributed by atoms with Crippen LogP contribution in [0.5, 0.6) is 0 Å². The van der Waals surface area contributed by atoms with E-state index in [1.54, 1.807) is 4.90 Å². The number of benzene rings is 1. The molecule has 0 radical (unpaired) electrons. The average molecular weight is 276 g/mol. The fourth-order valence-electron chi connectivity index (χ4n) is 2.43. The zero-order valence-electron chi connectivity index (χ0n) is 11.8. The number of carboxylic acid groups (broad SMARTS) is 1. The standard InChI is InChI=1S/C15H20N2O3/c1-3-17(12-7-4-6-11(2)10-12)14(20)16-15(13(18)19)8-5-9-15/h4,6-7,10H,3,5,8-9H2,1-2H3,(H,16,20)(H,18,19). The summed E-state index contributed by atoms with van der Waals surface area (Å²) in [5.41, 5.74) is 0.768. The van der Waals surface area contributed by atoms with Crippen molar-refractivity contribution in [3.63, 3.8) is 0 Å². The van der Waals surface area contributed by atoms with Gasteiger partial charge >= 0.3 is 12.0 Å². The second kappa shape index (κ2) is 5.53. The van der Waals surface area contributed by atoms with E-state index in [1.807, 2.05) is 38.1 Å². The highest BCUT2D eigenvalue weighted by Gasteiger charge is 2.46. The van der Waals surface area contributed by atoms with Crippen molar-refractivity contribution < 1.29 is 14.7 Å². The second-order valence-electron chi connectivity index (χ2n) is 5.25. The number of hydrogen-bond acceptors (Lipinski definition) is 2. The molecule has 2 N–H and O–H groups in total. The van der Waals surface area contributed by atoms with Gasteiger partial charge in [-0.05, 0) is 50.8 Å². The molecule has 0 bridgehead atoms. The van der Waals surface area contributed by atoms with Crippen LogP contribution in [0.2, 0.25) is 0 Å². The number of hydrogen-bond donors (Lipinski definition) is 2. The van der Waals surface area contributed by atoms with Crippen LogP contribution in [0.15, 0.2) is 24.3 Å². The Morgan fingerprint density at radius 3 is 2.55 bits per heavy atom. The summed E-state index contributed by atoms with van der Waals surface area (Å²) in [6, 6.07) is 7.26. The van der Waals surface area contributed by atoms with Crippen LogP contribution in [-0.4, -0.2) is 29.2 Å². The number of aryl methyl sites for hydroxylation is 1. The van der Waals surface area contributed by atoms with Gasteiger partial charge in [0, 0.05) is 12.2 Å². The molecule has 5 heteroatoms. The number of amides is 2. The van der Waals surface area contributed by atoms with Crippen LogP contribution in [0.25, 0.3) is 0 Å². The number of nitrogens with zero attached hydrogens (tertiary/aromatic N) is 1. The van der Waals surface area contributed by atoms with E-state index in [9.17, 15) is 14.7 Å². The largest absolute Gasteiger partial charge is 0.480 e. The molecule has 20 heavy (non-hydrogen) atoms. The lowest BCUT2D eigenvalue weighted by Gasteiger charge is -2.39. The summed E-state index contributed by atoms with van der Waals surface area (Å²) in [7, 11) is 0. The van der Waals surface area contributed by atoms with Gasteiger partial charge in [0.05, 0.1) is 0 Å². The zero-order valence-corrected chi connectivity index (χ0v) is 11.8. The molecule has 0 aromatic heterocycles. The number of carbonyl (C=O) groups excluding carboxylic acids is 1. The van der Waals surface area contributed by atoms with Crippen LogP contribution >= 0.6 is 0 Å². The predicted octanol–water partition coefficient (Wildman–Crippen LogP) is 2.54. The molecule has 0 aliphatic heterocycles. The van der Waals surface area contributed by atoms with Crippen LogP contribution < -0.4 is 10.2 Å². The van der Waals surface area contributed by atoms with Gasteiger partial charge in [-0.1, -0.05) is 12.1 Å². The Hall–Kier alpha value is -2.04. The summed E-state index contributed by atoms with van der Waals surface area (Å²) in [4.78, 5) is 25.2. The van der Waals surface area contributed by atoms with Gasteiger partial charge in [0.2, 0.25) is 0 Å². The molecular formula is C15H20N2O3. The van der Waals surface area contributed by atoms with Crippen molar-refractivity contribution in [1.29, 1.82) is 0 Å². The maximum Gasteiger partial charge on any atom is 0.329 e. The summed E-state index contributed by atoms with van der Waals surface area (Å²) in [6.45, 7) is 4.32. The molecular weight excluding hydrogens is 256 g/mol. The van der Waals surface area contributed by atoms with Crippen molar-refractivity contribution in [2.24, 2.45) is 0 Å². The van der Waals surface area contributed by atoms with E-state index in [0.717, 1.165) is 17.7 Å². The number of anilines is 1. The third kappa shape index (κ3) is 2.61. The normalized spacial score (nSPS) is 16.1. The first-order valence-corrected chi connectivity index (χ1v) is 6.88. The van der Waals surface area contributed by atoms with Crippen LogP contribution in [-0.2, 0) is 4.79 Å². The van der Waals surface area contributed by atoms with Crippen molar-refractivity contribution in [3.8, 4) is 0 Å². The van der Waals surface area contributed by atoms with Crippen LogP contribution in [0.1, 0.15) is 31.7 Å². The summed E-state index contributed by atoms with van der Waals surface area (Å²) < 4.78 is 0. The van der Waals surface area contributed by atoms with E-state index in [0.29, 0.717) is 19.4 Å². The maximum absolute atomic E-state index is 12.4. The van der Waals surface area contributed by atoms with Gasteiger partial charge in [-0.15, -0.1) is 0 Å². The van der Waals surface area contributed by atoms with E-state index in [2.05, 4.69) is 5.32 Å². The number of urea groups is 1. The number of aliphatic carboxylic acids is 1. The number of carbonyl (C=O) groups is 2. The Kier molecular flexibility index (Phi) is 3.97. The Bertz CT molecular complexity index is 524. The monoisotopic (exact) mass is 276 g/mol. The van der Waals surface area contributed by atoms with Gasteiger partial charge in [-0.2, -0.15) is 0 Å². The smallest absolute Gasteiger partial charge is 0.329 e. The molecule has 2 amide bonds. The first kappa shape index (κ1) is 14.4. The van der Waals surface area contributed by atoms with Crippen molar-refractivity contribution in [2.45, 2.75) is 38.6 Å². The summed E-state index contributed by atoms with van der Waals surface area (Å²) >= 11 is 0. The van der Waals surface area contributed by atoms with Gasteiger partial charge in [-0.25, -0.2) is 9.59 Å². The molecule has 1 fully saturated rings. The van der Waals surface area contributed by atoms with Crippen molar-refractivity contribution >= 4 is 17.7 Å². The summed E-state index contributed by atoms with van der Waals surface area (Å²) in [5.74, 6) is -0.947. The molecule has 1 aromatic carbocycles. The summed E-state index contributed by atoms with van der Waals surface area (Å²) in [6.07, 6.45) is 1.84. The Morgan fingerprint density at radius 2 is 2.10 bits per heavy atom. The molecule has 108 valence electrons. The SMILES string of the molecule is CCN(C(=O)NC1(C(=O)O)CCC1)c1cccc(C)c1. The Balaban J connectivity index is 2.16. The Morgan fingerprint density at radius 1 is 1.40 bits per heavy atom. The first-order chi connectivity index (χ1) is 9.48. The second-order valence-corrected chi connectivity index (χ2v) is 5.25. The number of nitrogens with one attached hydrogen (secondary N) is 1. The van der Waals surface area contributed by atoms with E-state index in [-0.39, 0.29) is 6.03 Å². The average Bonchev–Trinajstić information content (AvgIpc) is 2.34. The third-order valence-electron chi connectivity index (χ3n) is 3.84. The number of rotatable bonds is 4. The fraction of sp³-hybridized carbons (Fsp3) is 0.467. The fourth-order valence-corrected chi connectivity index (χ4v) is 2.43. The predicted molar refractivity (Wildman–Crippen MR) is 76.9 cm³/mol. The molecule has 1 aliphatic carbocycles. The number of carboxylic acids is 1. The molecule has 1 aliphatic rings. The maximum atomic E-state index is 12.4. The molecule has 5 nitrogen and oxygen atoms in total. The molecule has 0 saturated heterocycles. The minimum absolute atomic E-state index is 0.347. The molecule has 0 spiro atoms. The van der Waals surface area contributed by atoms with Gasteiger partial charge in [-0.3, -0.25) is 4.90 Å². The van der Waals surface area contributed by atoms with E-state index in [1.165, 1.54) is 0 Å². The van der Waals surface area contributed by atoms with Gasteiger partial charge < -0.3 is 10.4 Å². The highest BCUT2D eigenvalue weighted by atomic mass is 16.4. The lowest BCUT2D eigenvalue weighted by Crippen LogP contribution is -2.61. The van der Waals surface area contributed by atoms with E-state index < -0.39 is 11.5 Å². The molecule has 0 unspecified atom stereocenters. The molecule has 1 saturated carbocycles. The Labute approximate surface area is 118 Å². The minimum Gasteiger partial charge on any atom is -0.480 e. The lowest BCUT2D eigenvalue weighted by molar-refractivity contribution is -0.148. The van der Waals surface area contributed by atoms with Crippen molar-refractivity contribution in [1.82, 2.24) is 5.32 Å². The van der Waals surface area contributed by atoms with E-state index in [4.69, 9.17) is 0 Å². The third-order valence-corrected chi connectivity index (χ3v) is 3.84. The first-order valence-electron chi connectivity index (χ1n) is 6.88. The highest BCUT2D eigenvalue weighted by Crippen LogP contribution is 2.32. The van der Waals surface area contributed by atoms with Gasteiger partial charge in [0.25, 0.3) is 0 Å². The van der Waals surface area contributed by atoms with Crippen LogP contribution in [0.4, 0.5) is 10.5 Å². The quantitative estimate of drug-likeness (QED) is 0.887. The molecule has 0 heterocycles. The topological polar surface area (TPSA) is 69.6 Å². The van der Waals surface area contributed by atoms with Gasteiger partial charge in [0.1, 0.15) is 5.54 Å². The zero-order chi connectivity index (χ0) is 14.8. The lowest BCUT2D eigenvalue weighted by atomic mass is 9.77. The highest BCUT2D eigenvalue weighted by molar-refractivity contribution is 5.96. The minimum atomic E-state index is -1.08. The molecule has 2 rings (SSSR count). The van der Waals surface area contributed by atoms with Gasteiger partial charge in [0.15, 0.2) is 0 Å². The van der Waals surface area contributed by atoms with Crippen molar-refractivity contribution in [3.05, 3.63) is 29.8 Å². The van der Waals surface area contributed by atoms with Crippen LogP contribution in [0.3, 0.4) is 0 Å². The molecule has 1 aromatic rings. The van der Waals surface area contributed by atoms with Crippen molar-refractivity contribution in [2.75, 3.05) is 11.4 Å². The van der Waals surface area contributed by atoms with E-state index >= 15 is 0 Å². The van der Waals surface area contributed by atoms with Crippen LogP contribution in [0, 0.1) is 6.92 Å². The molecule has 0 atom stereocenters. The summed E-state index contributed by atoms with van der Waals surface area (Å²) in [5, 5.41) is 12.0.